The quantitative estimate of drug-likeness (QED) is 0.601. The van der Waals surface area contributed by atoms with E-state index in [4.69, 9.17) is 11.6 Å². The van der Waals surface area contributed by atoms with Crippen molar-refractivity contribution in [2.45, 2.75) is 13.1 Å². The fourth-order valence-corrected chi connectivity index (χ4v) is 1.55. The van der Waals surface area contributed by atoms with Crippen LogP contribution in [0.3, 0.4) is 0 Å². The summed E-state index contributed by atoms with van der Waals surface area (Å²) in [5.74, 6) is 0. The summed E-state index contributed by atoms with van der Waals surface area (Å²) in [6, 6.07) is 6.04. The van der Waals surface area contributed by atoms with Gasteiger partial charge in [0.15, 0.2) is 0 Å². The zero-order valence-electron chi connectivity index (χ0n) is 5.52. The molecule has 0 saturated heterocycles. The summed E-state index contributed by atoms with van der Waals surface area (Å²) in [6.45, 7) is 1.89. The van der Waals surface area contributed by atoms with Gasteiger partial charge in [0, 0.05) is 18.1 Å². The van der Waals surface area contributed by atoms with Gasteiger partial charge in [0.05, 0.1) is 0 Å². The van der Waals surface area contributed by atoms with Crippen molar-refractivity contribution in [2.24, 2.45) is 0 Å². The van der Waals surface area contributed by atoms with E-state index in [9.17, 15) is 0 Å². The molecule has 1 N–H and O–H groups in total. The molecule has 0 fully saturated rings. The predicted molar refractivity (Wildman–Crippen MR) is 42.0 cm³/mol. The topological polar surface area (TPSA) is 12.0 Å². The Morgan fingerprint density at radius 1 is 1.30 bits per heavy atom. The zero-order valence-corrected chi connectivity index (χ0v) is 6.28. The van der Waals surface area contributed by atoms with Gasteiger partial charge in [-0.3, -0.25) is 0 Å². The average Bonchev–Trinajstić information content (AvgIpc) is 2.36. The summed E-state index contributed by atoms with van der Waals surface area (Å²) in [7, 11) is 0. The summed E-state index contributed by atoms with van der Waals surface area (Å²) in [5.41, 5.74) is 2.61. The lowest BCUT2D eigenvalue weighted by Gasteiger charge is -1.97. The van der Waals surface area contributed by atoms with Crippen molar-refractivity contribution in [3.63, 3.8) is 0 Å². The molecular formula is C8H8ClN. The molecule has 1 nitrogen and oxygen atoms in total. The Labute approximate surface area is 65.0 Å². The van der Waals surface area contributed by atoms with Crippen LogP contribution in [0.2, 0.25) is 5.02 Å². The van der Waals surface area contributed by atoms with E-state index in [0.717, 1.165) is 18.1 Å². The van der Waals surface area contributed by atoms with Crippen LogP contribution in [0.4, 0.5) is 0 Å². The number of benzene rings is 1. The molecule has 1 aromatic carbocycles. The Balaban J connectivity index is 2.59. The first-order valence-corrected chi connectivity index (χ1v) is 3.73. The SMILES string of the molecule is Clc1cccc2c1CNC2. The van der Waals surface area contributed by atoms with Gasteiger partial charge in [-0.25, -0.2) is 0 Å². The van der Waals surface area contributed by atoms with Crippen LogP contribution in [0.15, 0.2) is 18.2 Å². The molecule has 0 atom stereocenters. The van der Waals surface area contributed by atoms with Crippen molar-refractivity contribution in [3.05, 3.63) is 34.3 Å². The first kappa shape index (κ1) is 6.20. The largest absolute Gasteiger partial charge is 0.309 e. The normalized spacial score (nSPS) is 15.3. The number of nitrogens with one attached hydrogen (secondary N) is 1. The molecule has 2 heteroatoms. The monoisotopic (exact) mass is 153 g/mol. The van der Waals surface area contributed by atoms with Gasteiger partial charge in [0.25, 0.3) is 0 Å². The molecule has 2 rings (SSSR count). The third-order valence-electron chi connectivity index (χ3n) is 1.83. The van der Waals surface area contributed by atoms with Gasteiger partial charge in [-0.1, -0.05) is 23.7 Å². The Morgan fingerprint density at radius 3 is 3.00 bits per heavy atom. The van der Waals surface area contributed by atoms with Crippen LogP contribution in [0.1, 0.15) is 11.1 Å². The molecule has 0 saturated carbocycles. The molecule has 0 spiro atoms. The molecule has 1 aliphatic rings. The van der Waals surface area contributed by atoms with Gasteiger partial charge < -0.3 is 5.32 Å². The summed E-state index contributed by atoms with van der Waals surface area (Å²) in [6.07, 6.45) is 0. The van der Waals surface area contributed by atoms with E-state index in [1.165, 1.54) is 11.1 Å². The van der Waals surface area contributed by atoms with Gasteiger partial charge >= 0.3 is 0 Å². The van der Waals surface area contributed by atoms with Crippen LogP contribution in [0, 0.1) is 0 Å². The third-order valence-corrected chi connectivity index (χ3v) is 2.19. The van der Waals surface area contributed by atoms with Gasteiger partial charge in [-0.05, 0) is 17.2 Å². The summed E-state index contributed by atoms with van der Waals surface area (Å²) in [5, 5.41) is 4.14. The first-order valence-electron chi connectivity index (χ1n) is 3.35. The standard InChI is InChI=1S/C8H8ClN/c9-8-3-1-2-6-4-10-5-7(6)8/h1-3,10H,4-5H2. The van der Waals surface area contributed by atoms with Crippen molar-refractivity contribution >= 4 is 11.6 Å². The highest BCUT2D eigenvalue weighted by Crippen LogP contribution is 2.23. The van der Waals surface area contributed by atoms with Crippen molar-refractivity contribution in [1.29, 1.82) is 0 Å². The molecule has 0 aliphatic carbocycles. The number of rotatable bonds is 0. The van der Waals surface area contributed by atoms with E-state index in [1.807, 2.05) is 12.1 Å². The zero-order chi connectivity index (χ0) is 6.97. The second-order valence-corrected chi connectivity index (χ2v) is 2.89. The van der Waals surface area contributed by atoms with Gasteiger partial charge in [0.2, 0.25) is 0 Å². The number of hydrogen-bond acceptors (Lipinski definition) is 1. The molecule has 10 heavy (non-hydrogen) atoms. The van der Waals surface area contributed by atoms with Crippen molar-refractivity contribution in [1.82, 2.24) is 5.32 Å². The molecule has 0 bridgehead atoms. The van der Waals surface area contributed by atoms with Crippen LogP contribution < -0.4 is 5.32 Å². The Hall–Kier alpha value is -0.530. The minimum atomic E-state index is 0.891. The molecule has 0 amide bonds. The fourth-order valence-electron chi connectivity index (χ4n) is 1.29. The fraction of sp³-hybridized carbons (Fsp3) is 0.250. The van der Waals surface area contributed by atoms with Gasteiger partial charge in [-0.15, -0.1) is 0 Å². The molecular weight excluding hydrogens is 146 g/mol. The van der Waals surface area contributed by atoms with Crippen molar-refractivity contribution in [3.8, 4) is 0 Å². The second-order valence-electron chi connectivity index (χ2n) is 2.48. The molecule has 52 valence electrons. The van der Waals surface area contributed by atoms with E-state index in [2.05, 4.69) is 11.4 Å². The minimum Gasteiger partial charge on any atom is -0.309 e. The first-order chi connectivity index (χ1) is 4.88. The van der Waals surface area contributed by atoms with Gasteiger partial charge in [0.1, 0.15) is 0 Å². The van der Waals surface area contributed by atoms with Crippen molar-refractivity contribution in [2.75, 3.05) is 0 Å². The number of hydrogen-bond donors (Lipinski definition) is 1. The molecule has 0 radical (unpaired) electrons. The molecule has 1 aromatic rings. The molecule has 0 aromatic heterocycles. The van der Waals surface area contributed by atoms with Crippen LogP contribution in [-0.2, 0) is 13.1 Å². The number of halogens is 1. The summed E-state index contributed by atoms with van der Waals surface area (Å²) in [4.78, 5) is 0. The number of fused-ring (bicyclic) bond motifs is 1. The summed E-state index contributed by atoms with van der Waals surface area (Å²) >= 11 is 5.93. The van der Waals surface area contributed by atoms with Crippen LogP contribution in [0.5, 0.6) is 0 Å². The van der Waals surface area contributed by atoms with Crippen LogP contribution in [-0.4, -0.2) is 0 Å². The maximum Gasteiger partial charge on any atom is 0.0454 e. The van der Waals surface area contributed by atoms with Gasteiger partial charge in [-0.2, -0.15) is 0 Å². The van der Waals surface area contributed by atoms with E-state index < -0.39 is 0 Å². The van der Waals surface area contributed by atoms with E-state index in [1.54, 1.807) is 0 Å². The average molecular weight is 154 g/mol. The predicted octanol–water partition coefficient (Wildman–Crippen LogP) is 1.94. The Morgan fingerprint density at radius 2 is 2.20 bits per heavy atom. The van der Waals surface area contributed by atoms with E-state index in [-0.39, 0.29) is 0 Å². The van der Waals surface area contributed by atoms with E-state index in [0.29, 0.717) is 0 Å². The van der Waals surface area contributed by atoms with Crippen LogP contribution >= 0.6 is 11.6 Å². The maximum atomic E-state index is 5.93. The van der Waals surface area contributed by atoms with Crippen LogP contribution in [0.25, 0.3) is 0 Å². The molecule has 1 aliphatic heterocycles. The van der Waals surface area contributed by atoms with E-state index >= 15 is 0 Å². The second kappa shape index (κ2) is 2.26. The maximum absolute atomic E-state index is 5.93. The highest BCUT2D eigenvalue weighted by molar-refractivity contribution is 6.31. The highest BCUT2D eigenvalue weighted by atomic mass is 35.5. The summed E-state index contributed by atoms with van der Waals surface area (Å²) < 4.78 is 0. The van der Waals surface area contributed by atoms with Crippen molar-refractivity contribution < 1.29 is 0 Å². The highest BCUT2D eigenvalue weighted by Gasteiger charge is 2.11. The Kier molecular flexibility index (Phi) is 1.40. The lowest BCUT2D eigenvalue weighted by Crippen LogP contribution is -2.00. The Bertz CT molecular complexity index is 257. The lowest BCUT2D eigenvalue weighted by molar-refractivity contribution is 0.765. The minimum absolute atomic E-state index is 0.891. The molecule has 1 heterocycles. The lowest BCUT2D eigenvalue weighted by atomic mass is 10.1. The molecule has 0 unspecified atom stereocenters. The smallest absolute Gasteiger partial charge is 0.0454 e. The third kappa shape index (κ3) is 0.825.